The molecule has 4 N–H and O–H groups in total. The van der Waals surface area contributed by atoms with E-state index in [0.717, 1.165) is 32.4 Å². The number of sulfonamides is 1. The zero-order valence-corrected chi connectivity index (χ0v) is 12.3. The summed E-state index contributed by atoms with van der Waals surface area (Å²) < 4.78 is 27.6. The molecule has 21 heavy (non-hydrogen) atoms. The first-order chi connectivity index (χ1) is 10.0. The van der Waals surface area contributed by atoms with Crippen LogP contribution in [-0.4, -0.2) is 37.5 Å². The molecule has 1 aliphatic heterocycles. The normalized spacial score (nSPS) is 20.5. The van der Waals surface area contributed by atoms with Crippen LogP contribution in [0.15, 0.2) is 27.9 Å². The maximum Gasteiger partial charge on any atom is 0.323 e. The van der Waals surface area contributed by atoms with Crippen LogP contribution in [0.25, 0.3) is 11.0 Å². The summed E-state index contributed by atoms with van der Waals surface area (Å²) in [5, 5.41) is 3.25. The smallest absolute Gasteiger partial charge is 0.317 e. The first kappa shape index (κ1) is 14.3. The molecular weight excluding hydrogens is 292 g/mol. The van der Waals surface area contributed by atoms with Crippen molar-refractivity contribution in [3.63, 3.8) is 0 Å². The average Bonchev–Trinajstić information content (AvgIpc) is 2.63. The van der Waals surface area contributed by atoms with Gasteiger partial charge in [0, 0.05) is 6.04 Å². The quantitative estimate of drug-likeness (QED) is 0.653. The third-order valence-corrected chi connectivity index (χ3v) is 5.21. The summed E-state index contributed by atoms with van der Waals surface area (Å²) in [4.78, 5) is 16.6. The van der Waals surface area contributed by atoms with Gasteiger partial charge in [-0.25, -0.2) is 17.9 Å². The maximum atomic E-state index is 12.4. The molecule has 8 heteroatoms. The predicted octanol–water partition coefficient (Wildman–Crippen LogP) is 0.277. The number of nitrogens with one attached hydrogen (secondary N) is 4. The van der Waals surface area contributed by atoms with Crippen LogP contribution in [0.3, 0.4) is 0 Å². The maximum absolute atomic E-state index is 12.4. The molecule has 0 radical (unpaired) electrons. The van der Waals surface area contributed by atoms with Crippen LogP contribution in [-0.2, 0) is 10.0 Å². The first-order valence-electron chi connectivity index (χ1n) is 7.00. The van der Waals surface area contributed by atoms with E-state index in [1.807, 2.05) is 0 Å². The lowest BCUT2D eigenvalue weighted by atomic mass is 10.1. The summed E-state index contributed by atoms with van der Waals surface area (Å²) in [6.07, 6.45) is 2.56. The molecule has 114 valence electrons. The van der Waals surface area contributed by atoms with E-state index in [4.69, 9.17) is 0 Å². The lowest BCUT2D eigenvalue weighted by Crippen LogP contribution is -2.35. The Morgan fingerprint density at radius 1 is 1.10 bits per heavy atom. The highest BCUT2D eigenvalue weighted by atomic mass is 32.2. The molecule has 1 aliphatic rings. The number of aromatic amines is 2. The largest absolute Gasteiger partial charge is 0.323 e. The minimum absolute atomic E-state index is 0.0500. The Hall–Kier alpha value is -1.64. The highest BCUT2D eigenvalue weighted by Crippen LogP contribution is 2.16. The summed E-state index contributed by atoms with van der Waals surface area (Å²) in [6.45, 7) is 1.74. The zero-order chi connectivity index (χ0) is 14.9. The summed E-state index contributed by atoms with van der Waals surface area (Å²) in [7, 11) is -3.57. The summed E-state index contributed by atoms with van der Waals surface area (Å²) in [5.74, 6) is 0. The molecule has 1 unspecified atom stereocenters. The van der Waals surface area contributed by atoms with E-state index < -0.39 is 10.0 Å². The van der Waals surface area contributed by atoms with E-state index in [0.29, 0.717) is 11.0 Å². The van der Waals surface area contributed by atoms with Crippen LogP contribution >= 0.6 is 0 Å². The van der Waals surface area contributed by atoms with Crippen LogP contribution < -0.4 is 15.7 Å². The lowest BCUT2D eigenvalue weighted by molar-refractivity contribution is 0.518. The van der Waals surface area contributed by atoms with Crippen molar-refractivity contribution in [3.05, 3.63) is 28.7 Å². The van der Waals surface area contributed by atoms with Crippen molar-refractivity contribution in [1.82, 2.24) is 20.0 Å². The molecule has 0 bridgehead atoms. The van der Waals surface area contributed by atoms with Gasteiger partial charge in [0.15, 0.2) is 0 Å². The topological polar surface area (TPSA) is 107 Å². The first-order valence-corrected chi connectivity index (χ1v) is 8.48. The van der Waals surface area contributed by atoms with Crippen molar-refractivity contribution in [2.24, 2.45) is 0 Å². The fraction of sp³-hybridized carbons (Fsp3) is 0.462. The molecule has 1 aromatic heterocycles. The van der Waals surface area contributed by atoms with Gasteiger partial charge in [-0.3, -0.25) is 0 Å². The van der Waals surface area contributed by atoms with Gasteiger partial charge in [-0.1, -0.05) is 0 Å². The number of rotatable bonds is 3. The molecule has 0 saturated carbocycles. The van der Waals surface area contributed by atoms with Gasteiger partial charge in [-0.2, -0.15) is 0 Å². The molecular formula is C13H18N4O3S. The zero-order valence-electron chi connectivity index (χ0n) is 11.5. The van der Waals surface area contributed by atoms with E-state index in [1.165, 1.54) is 12.1 Å². The van der Waals surface area contributed by atoms with Gasteiger partial charge in [-0.15, -0.1) is 0 Å². The SMILES string of the molecule is O=c1[nH]c2ccc(S(=O)(=O)NC3CCCNCC3)cc2[nH]1. The van der Waals surface area contributed by atoms with Crippen molar-refractivity contribution in [2.75, 3.05) is 13.1 Å². The number of benzene rings is 1. The Kier molecular flexibility index (Phi) is 3.83. The molecule has 1 fully saturated rings. The van der Waals surface area contributed by atoms with E-state index in [2.05, 4.69) is 20.0 Å². The van der Waals surface area contributed by atoms with Gasteiger partial charge in [0.2, 0.25) is 10.0 Å². The Labute approximate surface area is 122 Å². The van der Waals surface area contributed by atoms with Crippen LogP contribution in [0.1, 0.15) is 19.3 Å². The second kappa shape index (κ2) is 5.63. The van der Waals surface area contributed by atoms with Crippen molar-refractivity contribution >= 4 is 21.1 Å². The Balaban J connectivity index is 1.86. The van der Waals surface area contributed by atoms with E-state index >= 15 is 0 Å². The van der Waals surface area contributed by atoms with E-state index in [1.54, 1.807) is 6.07 Å². The molecule has 2 heterocycles. The highest BCUT2D eigenvalue weighted by molar-refractivity contribution is 7.89. The molecule has 7 nitrogen and oxygen atoms in total. The van der Waals surface area contributed by atoms with Crippen molar-refractivity contribution in [2.45, 2.75) is 30.2 Å². The van der Waals surface area contributed by atoms with E-state index in [9.17, 15) is 13.2 Å². The number of hydrogen-bond acceptors (Lipinski definition) is 4. The molecule has 0 aliphatic carbocycles. The molecule has 1 saturated heterocycles. The van der Waals surface area contributed by atoms with Gasteiger partial charge in [0.1, 0.15) is 0 Å². The Morgan fingerprint density at radius 3 is 2.76 bits per heavy atom. The van der Waals surface area contributed by atoms with Crippen molar-refractivity contribution < 1.29 is 8.42 Å². The molecule has 0 amide bonds. The fourth-order valence-electron chi connectivity index (χ4n) is 2.60. The molecule has 3 rings (SSSR count). The van der Waals surface area contributed by atoms with Gasteiger partial charge >= 0.3 is 5.69 Å². The van der Waals surface area contributed by atoms with Crippen LogP contribution in [0.2, 0.25) is 0 Å². The van der Waals surface area contributed by atoms with E-state index in [-0.39, 0.29) is 16.6 Å². The van der Waals surface area contributed by atoms with Crippen molar-refractivity contribution in [3.8, 4) is 0 Å². The summed E-state index contributed by atoms with van der Waals surface area (Å²) >= 11 is 0. The minimum atomic E-state index is -3.57. The van der Waals surface area contributed by atoms with Crippen LogP contribution in [0.4, 0.5) is 0 Å². The third kappa shape index (κ3) is 3.17. The second-order valence-electron chi connectivity index (χ2n) is 5.29. The number of hydrogen-bond donors (Lipinski definition) is 4. The highest BCUT2D eigenvalue weighted by Gasteiger charge is 2.21. The van der Waals surface area contributed by atoms with Gasteiger partial charge in [0.05, 0.1) is 15.9 Å². The lowest BCUT2D eigenvalue weighted by Gasteiger charge is -2.16. The molecule has 2 aromatic rings. The number of fused-ring (bicyclic) bond motifs is 1. The third-order valence-electron chi connectivity index (χ3n) is 3.70. The van der Waals surface area contributed by atoms with Crippen molar-refractivity contribution in [1.29, 1.82) is 0 Å². The summed E-state index contributed by atoms with van der Waals surface area (Å²) in [6, 6.07) is 4.52. The number of imidazole rings is 1. The van der Waals surface area contributed by atoms with Gasteiger partial charge < -0.3 is 15.3 Å². The molecule has 1 aromatic carbocycles. The average molecular weight is 310 g/mol. The predicted molar refractivity (Wildman–Crippen MR) is 79.7 cm³/mol. The fourth-order valence-corrected chi connectivity index (χ4v) is 3.93. The second-order valence-corrected chi connectivity index (χ2v) is 7.00. The minimum Gasteiger partial charge on any atom is -0.317 e. The number of H-pyrrole nitrogens is 2. The van der Waals surface area contributed by atoms with Gasteiger partial charge in [0.25, 0.3) is 0 Å². The Bertz CT molecular complexity index is 785. The monoisotopic (exact) mass is 310 g/mol. The number of aromatic nitrogens is 2. The molecule has 1 atom stereocenters. The Morgan fingerprint density at radius 2 is 1.90 bits per heavy atom. The van der Waals surface area contributed by atoms with Gasteiger partial charge in [-0.05, 0) is 50.6 Å². The standard InChI is InChI=1S/C13H18N4O3S/c18-13-15-11-4-3-10(8-12(11)16-13)21(19,20)17-9-2-1-6-14-7-5-9/h3-4,8-9,14,17H,1-2,5-7H2,(H2,15,16,18). The summed E-state index contributed by atoms with van der Waals surface area (Å²) in [5.41, 5.74) is 0.741. The van der Waals surface area contributed by atoms with Crippen LogP contribution in [0.5, 0.6) is 0 Å². The molecule has 0 spiro atoms. The van der Waals surface area contributed by atoms with Crippen LogP contribution in [0, 0.1) is 0 Å².